The van der Waals surface area contributed by atoms with Crippen LogP contribution in [0.2, 0.25) is 0 Å². The highest BCUT2D eigenvalue weighted by Crippen LogP contribution is 2.49. The summed E-state index contributed by atoms with van der Waals surface area (Å²) in [6, 6.07) is 59.3. The monoisotopic (exact) mass is 703 g/mol. The zero-order chi connectivity index (χ0) is 40.6. The molecule has 1 nitrogen and oxygen atoms in total. The molecule has 0 saturated heterocycles. The molecule has 0 atom stereocenters. The second-order valence-electron chi connectivity index (χ2n) is 14.0. The van der Waals surface area contributed by atoms with E-state index in [1.165, 1.54) is 0 Å². The fourth-order valence-corrected chi connectivity index (χ4v) is 8.58. The maximum absolute atomic E-state index is 9.06. The molecule has 55 heavy (non-hydrogen) atoms. The molecule has 1 aromatic heterocycles. The van der Waals surface area contributed by atoms with Crippen LogP contribution in [-0.2, 0) is 0 Å². The zero-order valence-electron chi connectivity index (χ0n) is 34.7. The summed E-state index contributed by atoms with van der Waals surface area (Å²) in [5, 5.41) is 7.68. The van der Waals surface area contributed by atoms with Crippen LogP contribution in [0.3, 0.4) is 0 Å². The summed E-state index contributed by atoms with van der Waals surface area (Å²) in [6.45, 7) is 0. The summed E-state index contributed by atoms with van der Waals surface area (Å²) in [4.78, 5) is 0. The molecule has 1 heterocycles. The number of hydrogen-bond donors (Lipinski definition) is 0. The number of furan rings is 1. The smallest absolute Gasteiger partial charge is 0.136 e. The maximum atomic E-state index is 9.06. The lowest BCUT2D eigenvalue weighted by molar-refractivity contribution is 0.669. The Morgan fingerprint density at radius 1 is 0.327 bits per heavy atom. The predicted octanol–water partition coefficient (Wildman–Crippen LogP) is 15.4. The van der Waals surface area contributed by atoms with Gasteiger partial charge in [0.05, 0.1) is 6.85 Å². The summed E-state index contributed by atoms with van der Waals surface area (Å²) in [7, 11) is 0. The molecule has 10 aromatic carbocycles. The largest absolute Gasteiger partial charge is 0.456 e. The standard InChI is InChI=1S/C54H34O/c1-3-16-35(17-4-1)37-21-15-22-39(32-37)42-30-31-50-54(47-28-13-14-29-49(47)55-50)52(42)40-33-38-20-7-8-23-41(38)48(34-40)53-45-26-11-9-24-43(45)51(36-18-5-2-6-19-36)44-25-10-12-27-46(44)53/h1-34H/i2D,5D,6D,18D,19D. The Morgan fingerprint density at radius 2 is 0.927 bits per heavy atom. The minimum atomic E-state index is -0.408. The molecule has 0 aliphatic carbocycles. The third-order valence-corrected chi connectivity index (χ3v) is 10.9. The molecule has 11 aromatic rings. The van der Waals surface area contributed by atoms with Crippen LogP contribution >= 0.6 is 0 Å². The van der Waals surface area contributed by atoms with Gasteiger partial charge in [-0.05, 0) is 113 Å². The highest BCUT2D eigenvalue weighted by molar-refractivity contribution is 6.24. The molecular weight excluding hydrogens is 665 g/mol. The molecule has 1 heteroatoms. The third-order valence-electron chi connectivity index (χ3n) is 10.9. The topological polar surface area (TPSA) is 13.1 Å². The average Bonchev–Trinajstić information content (AvgIpc) is 3.68. The molecule has 0 aliphatic rings. The van der Waals surface area contributed by atoms with Gasteiger partial charge in [0, 0.05) is 16.3 Å². The van der Waals surface area contributed by atoms with Crippen molar-refractivity contribution in [3.05, 3.63) is 206 Å². The normalized spacial score (nSPS) is 12.9. The van der Waals surface area contributed by atoms with Gasteiger partial charge in [0.15, 0.2) is 0 Å². The van der Waals surface area contributed by atoms with Crippen molar-refractivity contribution in [1.82, 2.24) is 0 Å². The molecule has 0 unspecified atom stereocenters. The van der Waals surface area contributed by atoms with E-state index in [4.69, 9.17) is 11.3 Å². The summed E-state index contributed by atoms with van der Waals surface area (Å²) in [6.07, 6.45) is 0. The van der Waals surface area contributed by atoms with Gasteiger partial charge in [0.2, 0.25) is 0 Å². The minimum absolute atomic E-state index is 0.194. The van der Waals surface area contributed by atoms with E-state index in [9.17, 15) is 0 Å². The van der Waals surface area contributed by atoms with Crippen molar-refractivity contribution in [2.75, 3.05) is 0 Å². The second-order valence-corrected chi connectivity index (χ2v) is 14.0. The second kappa shape index (κ2) is 12.7. The van der Waals surface area contributed by atoms with Crippen molar-refractivity contribution in [3.8, 4) is 55.6 Å². The van der Waals surface area contributed by atoms with Crippen LogP contribution in [0.4, 0.5) is 0 Å². The Bertz CT molecular complexity index is 3460. The Morgan fingerprint density at radius 3 is 1.67 bits per heavy atom. The molecule has 0 spiro atoms. The van der Waals surface area contributed by atoms with Gasteiger partial charge in [0.1, 0.15) is 11.2 Å². The van der Waals surface area contributed by atoms with Gasteiger partial charge in [-0.15, -0.1) is 0 Å². The van der Waals surface area contributed by atoms with Crippen LogP contribution in [-0.4, -0.2) is 0 Å². The SMILES string of the molecule is [2H]c1c([2H])c([2H])c(-c2c3ccccc3c(-c3cc(-c4c(-c5cccc(-c6ccccc6)c5)ccc5oc6ccccc6c45)cc4ccccc34)c3ccccc23)c([2H])c1[2H]. The fourth-order valence-electron chi connectivity index (χ4n) is 8.58. The van der Waals surface area contributed by atoms with Crippen molar-refractivity contribution < 1.29 is 11.3 Å². The number of rotatable bonds is 5. The summed E-state index contributed by atoms with van der Waals surface area (Å²) >= 11 is 0. The summed E-state index contributed by atoms with van der Waals surface area (Å²) < 4.78 is 50.2. The Hall–Kier alpha value is -7.22. The zero-order valence-corrected chi connectivity index (χ0v) is 29.7. The van der Waals surface area contributed by atoms with E-state index >= 15 is 0 Å². The lowest BCUT2D eigenvalue weighted by Gasteiger charge is -2.20. The molecule has 0 amide bonds. The van der Waals surface area contributed by atoms with Crippen molar-refractivity contribution in [2.45, 2.75) is 0 Å². The first-order valence-electron chi connectivity index (χ1n) is 21.0. The molecule has 0 bridgehead atoms. The first-order chi connectivity index (χ1) is 29.4. The predicted molar refractivity (Wildman–Crippen MR) is 233 cm³/mol. The van der Waals surface area contributed by atoms with Crippen LogP contribution in [0.25, 0.3) is 110 Å². The highest BCUT2D eigenvalue weighted by atomic mass is 16.3. The van der Waals surface area contributed by atoms with Gasteiger partial charge in [-0.2, -0.15) is 0 Å². The number of para-hydroxylation sites is 1. The molecule has 0 fully saturated rings. The number of hydrogen-bond acceptors (Lipinski definition) is 1. The van der Waals surface area contributed by atoms with Gasteiger partial charge in [-0.25, -0.2) is 0 Å². The van der Waals surface area contributed by atoms with Gasteiger partial charge in [-0.1, -0.05) is 176 Å². The van der Waals surface area contributed by atoms with Crippen LogP contribution in [0, 0.1) is 0 Å². The van der Waals surface area contributed by atoms with Crippen molar-refractivity contribution in [2.24, 2.45) is 0 Å². The Balaban J connectivity index is 1.26. The quantitative estimate of drug-likeness (QED) is 0.163. The van der Waals surface area contributed by atoms with E-state index < -0.39 is 6.04 Å². The van der Waals surface area contributed by atoms with Gasteiger partial charge < -0.3 is 4.42 Å². The lowest BCUT2D eigenvalue weighted by atomic mass is 9.82. The van der Waals surface area contributed by atoms with E-state index in [1.54, 1.807) is 0 Å². The Kier molecular flexibility index (Phi) is 6.14. The first kappa shape index (κ1) is 26.5. The average molecular weight is 704 g/mol. The van der Waals surface area contributed by atoms with Crippen LogP contribution in [0.5, 0.6) is 0 Å². The molecule has 11 rings (SSSR count). The van der Waals surface area contributed by atoms with Crippen molar-refractivity contribution in [3.63, 3.8) is 0 Å². The first-order valence-corrected chi connectivity index (χ1v) is 18.5. The van der Waals surface area contributed by atoms with E-state index in [1.807, 2.05) is 54.6 Å². The molecule has 0 saturated carbocycles. The van der Waals surface area contributed by atoms with Gasteiger partial charge in [-0.3, -0.25) is 0 Å². The van der Waals surface area contributed by atoms with Crippen molar-refractivity contribution >= 4 is 54.3 Å². The molecule has 0 radical (unpaired) electrons. The Labute approximate surface area is 326 Å². The van der Waals surface area contributed by atoms with E-state index in [0.29, 0.717) is 5.56 Å². The number of benzene rings is 10. The fraction of sp³-hybridized carbons (Fsp3) is 0. The maximum Gasteiger partial charge on any atom is 0.136 e. The minimum Gasteiger partial charge on any atom is -0.456 e. The molecule has 0 aliphatic heterocycles. The van der Waals surface area contributed by atoms with Crippen LogP contribution in [0.15, 0.2) is 211 Å². The van der Waals surface area contributed by atoms with E-state index in [0.717, 1.165) is 98.8 Å². The van der Waals surface area contributed by atoms with Gasteiger partial charge in [0.25, 0.3) is 0 Å². The highest BCUT2D eigenvalue weighted by Gasteiger charge is 2.22. The summed E-state index contributed by atoms with van der Waals surface area (Å²) in [5.41, 5.74) is 11.0. The summed E-state index contributed by atoms with van der Waals surface area (Å²) in [5.74, 6) is 0. The number of fused-ring (bicyclic) bond motifs is 6. The lowest BCUT2D eigenvalue weighted by Crippen LogP contribution is -1.93. The third kappa shape index (κ3) is 5.09. The van der Waals surface area contributed by atoms with Crippen LogP contribution < -0.4 is 0 Å². The van der Waals surface area contributed by atoms with E-state index in [2.05, 4.69) is 121 Å². The van der Waals surface area contributed by atoms with Gasteiger partial charge >= 0.3 is 0 Å². The van der Waals surface area contributed by atoms with E-state index in [-0.39, 0.29) is 29.7 Å². The van der Waals surface area contributed by atoms with Crippen molar-refractivity contribution in [1.29, 1.82) is 0 Å². The molecule has 256 valence electrons. The molecular formula is C54H34O. The molecule has 0 N–H and O–H groups in total. The van der Waals surface area contributed by atoms with Crippen LogP contribution in [0.1, 0.15) is 6.85 Å².